The molecule has 2 N–H and O–H groups in total. The van der Waals surface area contributed by atoms with Crippen LogP contribution in [0.3, 0.4) is 0 Å². The van der Waals surface area contributed by atoms with Crippen LogP contribution in [0.4, 0.5) is 13.2 Å². The van der Waals surface area contributed by atoms with Crippen molar-refractivity contribution in [2.75, 3.05) is 0 Å². The number of carboxylic acids is 1. The molecule has 0 aromatic heterocycles. The van der Waals surface area contributed by atoms with E-state index in [1.165, 1.54) is 0 Å². The maximum atomic E-state index is 12.5. The van der Waals surface area contributed by atoms with E-state index in [2.05, 4.69) is 0 Å². The maximum Gasteiger partial charge on any atom is 0.416 e. The molecule has 1 aromatic carbocycles. The minimum absolute atomic E-state index is 0.0236. The number of rotatable bonds is 3. The minimum Gasteiger partial charge on any atom is -0.479 e. The highest BCUT2D eigenvalue weighted by Crippen LogP contribution is 2.32. The first-order chi connectivity index (χ1) is 8.04. The van der Waals surface area contributed by atoms with Gasteiger partial charge in [-0.1, -0.05) is 11.6 Å². The lowest BCUT2D eigenvalue weighted by molar-refractivity contribution is -0.156. The van der Waals surface area contributed by atoms with Crippen molar-refractivity contribution >= 4 is 17.6 Å². The summed E-state index contributed by atoms with van der Waals surface area (Å²) in [6, 6.07) is 2.55. The molecule has 0 bridgehead atoms. The number of alkyl halides is 3. The molecule has 0 heterocycles. The fraction of sp³-hybridized carbons (Fsp3) is 0.364. The predicted molar refractivity (Wildman–Crippen MR) is 58.4 cm³/mol. The molecule has 18 heavy (non-hydrogen) atoms. The third kappa shape index (κ3) is 3.36. The second-order valence-electron chi connectivity index (χ2n) is 4.06. The summed E-state index contributed by atoms with van der Waals surface area (Å²) in [6.07, 6.45) is -5.06. The van der Waals surface area contributed by atoms with Crippen molar-refractivity contribution in [2.45, 2.75) is 25.1 Å². The molecule has 7 heteroatoms. The van der Waals surface area contributed by atoms with Gasteiger partial charge in [0.25, 0.3) is 0 Å². The Kier molecular flexibility index (Phi) is 3.92. The van der Waals surface area contributed by atoms with Gasteiger partial charge in [0.2, 0.25) is 0 Å². The zero-order valence-corrected chi connectivity index (χ0v) is 10.0. The third-order valence-electron chi connectivity index (χ3n) is 2.37. The summed E-state index contributed by atoms with van der Waals surface area (Å²) in [5.74, 6) is -1.53. The Hall–Kier alpha value is -1.27. The fourth-order valence-corrected chi connectivity index (χ4v) is 1.52. The summed E-state index contributed by atoms with van der Waals surface area (Å²) in [6.45, 7) is 0.992. The third-order valence-corrected chi connectivity index (χ3v) is 2.74. The van der Waals surface area contributed by atoms with Gasteiger partial charge in [-0.05, 0) is 30.7 Å². The Balaban J connectivity index is 3.14. The van der Waals surface area contributed by atoms with Gasteiger partial charge in [0.05, 0.1) is 5.56 Å². The number of carbonyl (C=O) groups is 1. The van der Waals surface area contributed by atoms with Gasteiger partial charge in [-0.3, -0.25) is 0 Å². The quantitative estimate of drug-likeness (QED) is 0.896. The predicted octanol–water partition coefficient (Wildman–Crippen LogP) is 2.74. The number of benzene rings is 1. The van der Waals surface area contributed by atoms with Gasteiger partial charge in [-0.2, -0.15) is 13.2 Å². The molecule has 0 saturated carbocycles. The molecule has 0 saturated heterocycles. The van der Waals surface area contributed by atoms with Crippen molar-refractivity contribution in [1.82, 2.24) is 0 Å². The molecule has 1 unspecified atom stereocenters. The van der Waals surface area contributed by atoms with Crippen LogP contribution in [0.5, 0.6) is 0 Å². The number of aliphatic carboxylic acids is 1. The van der Waals surface area contributed by atoms with E-state index in [0.717, 1.165) is 25.1 Å². The van der Waals surface area contributed by atoms with E-state index >= 15 is 0 Å². The zero-order valence-electron chi connectivity index (χ0n) is 9.25. The molecule has 0 fully saturated rings. The Morgan fingerprint density at radius 1 is 1.39 bits per heavy atom. The van der Waals surface area contributed by atoms with Gasteiger partial charge in [0, 0.05) is 11.4 Å². The number of halogens is 4. The second kappa shape index (κ2) is 4.78. The molecular weight excluding hydrogens is 273 g/mol. The number of hydrogen-bond acceptors (Lipinski definition) is 2. The largest absolute Gasteiger partial charge is 0.479 e. The van der Waals surface area contributed by atoms with Crippen molar-refractivity contribution in [3.8, 4) is 0 Å². The Morgan fingerprint density at radius 3 is 2.39 bits per heavy atom. The molecule has 0 spiro atoms. The van der Waals surface area contributed by atoms with Gasteiger partial charge < -0.3 is 10.2 Å². The van der Waals surface area contributed by atoms with Crippen LogP contribution in [-0.2, 0) is 17.4 Å². The van der Waals surface area contributed by atoms with Crippen molar-refractivity contribution in [1.29, 1.82) is 0 Å². The van der Waals surface area contributed by atoms with Crippen LogP contribution in [0.15, 0.2) is 18.2 Å². The van der Waals surface area contributed by atoms with Crippen molar-refractivity contribution in [3.05, 3.63) is 34.3 Å². The smallest absolute Gasteiger partial charge is 0.416 e. The van der Waals surface area contributed by atoms with E-state index in [4.69, 9.17) is 16.7 Å². The lowest BCUT2D eigenvalue weighted by atomic mass is 9.95. The lowest BCUT2D eigenvalue weighted by Gasteiger charge is -2.19. The Labute approximate surface area is 106 Å². The molecule has 1 atom stereocenters. The van der Waals surface area contributed by atoms with E-state index in [1.54, 1.807) is 0 Å². The van der Waals surface area contributed by atoms with E-state index in [9.17, 15) is 23.1 Å². The summed E-state index contributed by atoms with van der Waals surface area (Å²) >= 11 is 5.69. The summed E-state index contributed by atoms with van der Waals surface area (Å²) in [5, 5.41) is 18.2. The average Bonchev–Trinajstić information content (AvgIpc) is 2.19. The molecule has 3 nitrogen and oxygen atoms in total. The van der Waals surface area contributed by atoms with E-state index < -0.39 is 29.7 Å². The maximum absolute atomic E-state index is 12.5. The molecule has 1 rings (SSSR count). The van der Waals surface area contributed by atoms with Crippen LogP contribution in [0.2, 0.25) is 5.02 Å². The number of carboxylic acid groups (broad SMARTS) is 1. The average molecular weight is 283 g/mol. The summed E-state index contributed by atoms with van der Waals surface area (Å²) in [7, 11) is 0. The SMILES string of the molecule is CC(O)(Cc1cc(C(F)(F)F)ccc1Cl)C(=O)O. The van der Waals surface area contributed by atoms with Crippen LogP contribution < -0.4 is 0 Å². The van der Waals surface area contributed by atoms with Gasteiger partial charge in [-0.15, -0.1) is 0 Å². The highest BCUT2D eigenvalue weighted by Gasteiger charge is 2.34. The summed E-state index contributed by atoms with van der Waals surface area (Å²) in [5.41, 5.74) is -3.18. The zero-order chi connectivity index (χ0) is 14.1. The number of aliphatic hydroxyl groups is 1. The van der Waals surface area contributed by atoms with E-state index in [0.29, 0.717) is 0 Å². The molecule has 1 aromatic rings. The van der Waals surface area contributed by atoms with Gasteiger partial charge in [0.15, 0.2) is 5.60 Å². The standard InChI is InChI=1S/C11H10ClF3O3/c1-10(18,9(16)17)5-6-4-7(11(13,14)15)2-3-8(6)12/h2-4,18H,5H2,1H3,(H,16,17). The van der Waals surface area contributed by atoms with Crippen LogP contribution in [0, 0.1) is 0 Å². The Bertz CT molecular complexity index is 469. The van der Waals surface area contributed by atoms with Crippen LogP contribution in [-0.4, -0.2) is 21.8 Å². The number of hydrogen-bond donors (Lipinski definition) is 2. The van der Waals surface area contributed by atoms with Crippen LogP contribution in [0.25, 0.3) is 0 Å². The highest BCUT2D eigenvalue weighted by atomic mass is 35.5. The first-order valence-electron chi connectivity index (χ1n) is 4.85. The molecular formula is C11H10ClF3O3. The Morgan fingerprint density at radius 2 is 1.94 bits per heavy atom. The topological polar surface area (TPSA) is 57.5 Å². The van der Waals surface area contributed by atoms with E-state index in [-0.39, 0.29) is 10.6 Å². The van der Waals surface area contributed by atoms with E-state index in [1.807, 2.05) is 0 Å². The first-order valence-corrected chi connectivity index (χ1v) is 5.23. The van der Waals surface area contributed by atoms with Crippen molar-refractivity contribution < 1.29 is 28.2 Å². The summed E-state index contributed by atoms with van der Waals surface area (Å²) in [4.78, 5) is 10.7. The molecule has 100 valence electrons. The van der Waals surface area contributed by atoms with Crippen molar-refractivity contribution in [3.63, 3.8) is 0 Å². The molecule has 0 radical (unpaired) electrons. The second-order valence-corrected chi connectivity index (χ2v) is 4.47. The first kappa shape index (κ1) is 14.8. The molecule has 0 aliphatic carbocycles. The van der Waals surface area contributed by atoms with Gasteiger partial charge in [0.1, 0.15) is 0 Å². The minimum atomic E-state index is -4.55. The van der Waals surface area contributed by atoms with Gasteiger partial charge in [-0.25, -0.2) is 4.79 Å². The lowest BCUT2D eigenvalue weighted by Crippen LogP contribution is -2.37. The van der Waals surface area contributed by atoms with Crippen LogP contribution in [0.1, 0.15) is 18.1 Å². The van der Waals surface area contributed by atoms with Crippen LogP contribution >= 0.6 is 11.6 Å². The summed E-state index contributed by atoms with van der Waals surface area (Å²) < 4.78 is 37.4. The molecule has 0 aliphatic rings. The normalized spacial score (nSPS) is 15.2. The van der Waals surface area contributed by atoms with Gasteiger partial charge >= 0.3 is 12.1 Å². The molecule has 0 amide bonds. The highest BCUT2D eigenvalue weighted by molar-refractivity contribution is 6.31. The molecule has 0 aliphatic heterocycles. The van der Waals surface area contributed by atoms with Crippen molar-refractivity contribution in [2.24, 2.45) is 0 Å². The monoisotopic (exact) mass is 282 g/mol. The fourth-order valence-electron chi connectivity index (χ4n) is 1.33.